The fourth-order valence-corrected chi connectivity index (χ4v) is 3.74. The second-order valence-electron chi connectivity index (χ2n) is 6.47. The quantitative estimate of drug-likeness (QED) is 0.798. The summed E-state index contributed by atoms with van der Waals surface area (Å²) in [5.74, 6) is 1.49. The minimum Gasteiger partial charge on any atom is -0.308 e. The fourth-order valence-electron chi connectivity index (χ4n) is 3.74. The average molecular weight is 290 g/mol. The van der Waals surface area contributed by atoms with Crippen LogP contribution in [0.5, 0.6) is 0 Å². The Labute approximate surface area is 126 Å². The van der Waals surface area contributed by atoms with Crippen molar-refractivity contribution in [2.24, 2.45) is 5.92 Å². The van der Waals surface area contributed by atoms with Gasteiger partial charge in [0.2, 0.25) is 5.91 Å². The number of hydrogen-bond donors (Lipinski definition) is 3. The van der Waals surface area contributed by atoms with Crippen molar-refractivity contribution < 1.29 is 4.79 Å². The van der Waals surface area contributed by atoms with Crippen LogP contribution in [0.1, 0.15) is 57.6 Å². The highest BCUT2D eigenvalue weighted by Gasteiger charge is 2.34. The van der Waals surface area contributed by atoms with E-state index in [4.69, 9.17) is 0 Å². The van der Waals surface area contributed by atoms with Crippen LogP contribution in [0.25, 0.3) is 0 Å². The lowest BCUT2D eigenvalue weighted by molar-refractivity contribution is -0.119. The summed E-state index contributed by atoms with van der Waals surface area (Å²) in [5.41, 5.74) is 1.08. The summed E-state index contributed by atoms with van der Waals surface area (Å²) in [6, 6.07) is 2.42. The first-order chi connectivity index (χ1) is 10.3. The number of aryl methyl sites for hydroxylation is 1. The molecule has 2 fully saturated rings. The number of anilines is 1. The minimum atomic E-state index is -0.0596. The van der Waals surface area contributed by atoms with Crippen molar-refractivity contribution in [1.82, 2.24) is 15.5 Å². The monoisotopic (exact) mass is 290 g/mol. The third-order valence-electron chi connectivity index (χ3n) is 4.87. The molecule has 1 aromatic rings. The molecular formula is C16H26N4O. The summed E-state index contributed by atoms with van der Waals surface area (Å²) < 4.78 is 0. The number of nitrogens with zero attached hydrogens (tertiary/aromatic N) is 1. The number of nitrogens with one attached hydrogen (secondary N) is 3. The van der Waals surface area contributed by atoms with Gasteiger partial charge in [-0.1, -0.05) is 26.2 Å². The van der Waals surface area contributed by atoms with E-state index in [0.717, 1.165) is 30.9 Å². The first kappa shape index (κ1) is 14.6. The number of hydrogen-bond acceptors (Lipinski definition) is 3. The summed E-state index contributed by atoms with van der Waals surface area (Å²) in [6.45, 7) is 2.13. The third kappa shape index (κ3) is 3.46. The Morgan fingerprint density at radius 1 is 1.33 bits per heavy atom. The smallest absolute Gasteiger partial charge is 0.242 e. The van der Waals surface area contributed by atoms with E-state index in [2.05, 4.69) is 27.8 Å². The van der Waals surface area contributed by atoms with Crippen LogP contribution in [-0.2, 0) is 11.2 Å². The van der Waals surface area contributed by atoms with Crippen LogP contribution in [0, 0.1) is 5.92 Å². The number of rotatable bonds is 4. The van der Waals surface area contributed by atoms with Gasteiger partial charge in [-0.25, -0.2) is 0 Å². The number of carbonyl (C=O) groups is 1. The molecule has 0 bridgehead atoms. The van der Waals surface area contributed by atoms with Crippen molar-refractivity contribution in [2.45, 2.75) is 70.4 Å². The molecule has 21 heavy (non-hydrogen) atoms. The van der Waals surface area contributed by atoms with Gasteiger partial charge < -0.3 is 10.6 Å². The highest BCUT2D eigenvalue weighted by molar-refractivity contribution is 5.94. The number of piperidine rings is 1. The lowest BCUT2D eigenvalue weighted by atomic mass is 9.77. The Bertz CT molecular complexity index is 484. The Morgan fingerprint density at radius 3 is 3.05 bits per heavy atom. The maximum atomic E-state index is 12.4. The molecule has 1 aromatic heterocycles. The Hall–Kier alpha value is -1.36. The van der Waals surface area contributed by atoms with Gasteiger partial charge >= 0.3 is 0 Å². The largest absolute Gasteiger partial charge is 0.308 e. The van der Waals surface area contributed by atoms with E-state index in [1.807, 2.05) is 6.07 Å². The molecule has 1 aliphatic heterocycles. The van der Waals surface area contributed by atoms with Gasteiger partial charge in [0.25, 0.3) is 0 Å². The lowest BCUT2D eigenvalue weighted by Crippen LogP contribution is -2.53. The number of amides is 1. The van der Waals surface area contributed by atoms with Gasteiger partial charge in [-0.15, -0.1) is 0 Å². The summed E-state index contributed by atoms with van der Waals surface area (Å²) in [4.78, 5) is 12.4. The molecule has 1 saturated heterocycles. The molecule has 116 valence electrons. The number of carbonyl (C=O) groups excluding carboxylic acids is 1. The van der Waals surface area contributed by atoms with Gasteiger partial charge in [0.1, 0.15) is 0 Å². The first-order valence-corrected chi connectivity index (χ1v) is 8.37. The highest BCUT2D eigenvalue weighted by Crippen LogP contribution is 2.32. The number of aromatic amines is 1. The Morgan fingerprint density at radius 2 is 2.19 bits per heavy atom. The molecule has 0 radical (unpaired) electrons. The molecular weight excluding hydrogens is 264 g/mol. The van der Waals surface area contributed by atoms with E-state index in [1.54, 1.807) is 0 Å². The zero-order valence-corrected chi connectivity index (χ0v) is 12.8. The lowest BCUT2D eigenvalue weighted by Gasteiger charge is -2.39. The SMILES string of the molecule is CCCc1cc(NC(=O)C2CCC3CCCCC3N2)n[nH]1. The van der Waals surface area contributed by atoms with Crippen molar-refractivity contribution in [3.8, 4) is 0 Å². The normalized spacial score (nSPS) is 28.9. The molecule has 1 saturated carbocycles. The summed E-state index contributed by atoms with van der Waals surface area (Å²) in [7, 11) is 0. The number of fused-ring (bicyclic) bond motifs is 1. The van der Waals surface area contributed by atoms with Gasteiger partial charge in [0, 0.05) is 17.8 Å². The van der Waals surface area contributed by atoms with Crippen LogP contribution in [0.3, 0.4) is 0 Å². The molecule has 2 heterocycles. The van der Waals surface area contributed by atoms with Crippen LogP contribution >= 0.6 is 0 Å². The highest BCUT2D eigenvalue weighted by atomic mass is 16.2. The Balaban J connectivity index is 1.55. The van der Waals surface area contributed by atoms with Crippen molar-refractivity contribution >= 4 is 11.7 Å². The molecule has 0 aromatic carbocycles. The summed E-state index contributed by atoms with van der Waals surface area (Å²) in [5, 5.41) is 13.6. The van der Waals surface area contributed by atoms with Gasteiger partial charge in [0.15, 0.2) is 5.82 Å². The minimum absolute atomic E-state index is 0.0596. The van der Waals surface area contributed by atoms with E-state index < -0.39 is 0 Å². The van der Waals surface area contributed by atoms with E-state index in [0.29, 0.717) is 11.9 Å². The van der Waals surface area contributed by atoms with Gasteiger partial charge in [-0.2, -0.15) is 5.10 Å². The number of aromatic nitrogens is 2. The standard InChI is InChI=1S/C16H26N4O/c1-2-5-12-10-15(20-19-12)18-16(21)14-9-8-11-6-3-4-7-13(11)17-14/h10-11,13-14,17H,2-9H2,1H3,(H2,18,19,20,21). The molecule has 5 heteroatoms. The number of H-pyrrole nitrogens is 1. The second kappa shape index (κ2) is 6.60. The predicted octanol–water partition coefficient (Wildman–Crippen LogP) is 2.61. The van der Waals surface area contributed by atoms with Gasteiger partial charge in [-0.05, 0) is 38.0 Å². The van der Waals surface area contributed by atoms with E-state index in [9.17, 15) is 4.79 Å². The van der Waals surface area contributed by atoms with Crippen molar-refractivity contribution in [3.63, 3.8) is 0 Å². The molecule has 5 nitrogen and oxygen atoms in total. The Kier molecular flexibility index (Phi) is 4.58. The van der Waals surface area contributed by atoms with Crippen molar-refractivity contribution in [1.29, 1.82) is 0 Å². The second-order valence-corrected chi connectivity index (χ2v) is 6.47. The molecule has 3 N–H and O–H groups in total. The third-order valence-corrected chi connectivity index (χ3v) is 4.87. The van der Waals surface area contributed by atoms with Crippen LogP contribution in [-0.4, -0.2) is 28.2 Å². The molecule has 3 unspecified atom stereocenters. The maximum absolute atomic E-state index is 12.4. The van der Waals surface area contributed by atoms with Gasteiger partial charge in [0.05, 0.1) is 6.04 Å². The average Bonchev–Trinajstić information content (AvgIpc) is 2.94. The fraction of sp³-hybridized carbons (Fsp3) is 0.750. The summed E-state index contributed by atoms with van der Waals surface area (Å²) in [6.07, 6.45) is 9.35. The van der Waals surface area contributed by atoms with Crippen LogP contribution in [0.4, 0.5) is 5.82 Å². The zero-order valence-electron chi connectivity index (χ0n) is 12.8. The zero-order chi connectivity index (χ0) is 14.7. The molecule has 2 aliphatic rings. The molecule has 0 spiro atoms. The van der Waals surface area contributed by atoms with Crippen LogP contribution in [0.2, 0.25) is 0 Å². The van der Waals surface area contributed by atoms with E-state index in [1.165, 1.54) is 32.1 Å². The molecule has 1 aliphatic carbocycles. The molecule has 1 amide bonds. The first-order valence-electron chi connectivity index (χ1n) is 8.37. The van der Waals surface area contributed by atoms with Crippen molar-refractivity contribution in [3.05, 3.63) is 11.8 Å². The van der Waals surface area contributed by atoms with E-state index >= 15 is 0 Å². The summed E-state index contributed by atoms with van der Waals surface area (Å²) >= 11 is 0. The van der Waals surface area contributed by atoms with Gasteiger partial charge in [-0.3, -0.25) is 9.89 Å². The molecule has 3 rings (SSSR count). The predicted molar refractivity (Wildman–Crippen MR) is 83.1 cm³/mol. The topological polar surface area (TPSA) is 69.8 Å². The van der Waals surface area contributed by atoms with Crippen molar-refractivity contribution in [2.75, 3.05) is 5.32 Å². The van der Waals surface area contributed by atoms with Crippen LogP contribution in [0.15, 0.2) is 6.07 Å². The van der Waals surface area contributed by atoms with E-state index in [-0.39, 0.29) is 11.9 Å². The maximum Gasteiger partial charge on any atom is 0.242 e. The molecule has 3 atom stereocenters. The van der Waals surface area contributed by atoms with Crippen LogP contribution < -0.4 is 10.6 Å².